The zero-order valence-electron chi connectivity index (χ0n) is 12.3. The van der Waals surface area contributed by atoms with Gasteiger partial charge < -0.3 is 8.97 Å². The summed E-state index contributed by atoms with van der Waals surface area (Å²) in [6, 6.07) is 3.61. The average Bonchev–Trinajstić information content (AvgIpc) is 2.43. The maximum Gasteiger partial charge on any atom is 0.305 e. The van der Waals surface area contributed by atoms with E-state index in [0.29, 0.717) is 19.1 Å². The maximum absolute atomic E-state index is 11.3. The van der Waals surface area contributed by atoms with Crippen LogP contribution in [0.1, 0.15) is 25.7 Å². The van der Waals surface area contributed by atoms with Crippen LogP contribution < -0.4 is 0 Å². The van der Waals surface area contributed by atoms with E-state index in [-0.39, 0.29) is 5.97 Å². The number of esters is 1. The van der Waals surface area contributed by atoms with Crippen molar-refractivity contribution in [3.8, 4) is 0 Å². The van der Waals surface area contributed by atoms with Crippen LogP contribution in [0.4, 0.5) is 0 Å². The molecular weight excluding hydrogens is 258 g/mol. The third-order valence-corrected chi connectivity index (χ3v) is 15.1. The SMILES string of the molecule is C[Si]1(C)CC[Si](C)(C)N1C1CCCC(=O)OCC1. The van der Waals surface area contributed by atoms with Gasteiger partial charge in [-0.05, 0) is 31.4 Å². The molecule has 0 bridgehead atoms. The van der Waals surface area contributed by atoms with Gasteiger partial charge in [-0.2, -0.15) is 0 Å². The molecule has 0 aliphatic carbocycles. The van der Waals surface area contributed by atoms with Crippen molar-refractivity contribution in [3.05, 3.63) is 0 Å². The molecule has 2 fully saturated rings. The highest BCUT2D eigenvalue weighted by atomic mass is 28.4. The van der Waals surface area contributed by atoms with E-state index in [1.165, 1.54) is 18.5 Å². The molecule has 104 valence electrons. The molecule has 0 N–H and O–H groups in total. The highest BCUT2D eigenvalue weighted by Gasteiger charge is 2.49. The second-order valence-corrected chi connectivity index (χ2v) is 16.7. The molecule has 0 saturated carbocycles. The minimum atomic E-state index is -1.19. The van der Waals surface area contributed by atoms with Crippen molar-refractivity contribution >= 4 is 22.4 Å². The summed E-state index contributed by atoms with van der Waals surface area (Å²) in [5.74, 6) is 0.00267. The molecule has 0 spiro atoms. The van der Waals surface area contributed by atoms with Gasteiger partial charge in [0.1, 0.15) is 16.5 Å². The van der Waals surface area contributed by atoms with E-state index >= 15 is 0 Å². The summed E-state index contributed by atoms with van der Waals surface area (Å²) in [5, 5.41) is 0. The first-order chi connectivity index (χ1) is 8.33. The molecule has 5 heteroatoms. The summed E-state index contributed by atoms with van der Waals surface area (Å²) in [6.45, 7) is 10.7. The summed E-state index contributed by atoms with van der Waals surface area (Å²) in [7, 11) is -2.39. The highest BCUT2D eigenvalue weighted by molar-refractivity contribution is 6.95. The number of carbonyl (C=O) groups is 1. The fourth-order valence-electron chi connectivity index (χ4n) is 3.93. The van der Waals surface area contributed by atoms with Gasteiger partial charge in [-0.3, -0.25) is 4.79 Å². The fraction of sp³-hybridized carbons (Fsp3) is 0.923. The topological polar surface area (TPSA) is 29.5 Å². The molecule has 0 aromatic carbocycles. The highest BCUT2D eigenvalue weighted by Crippen LogP contribution is 2.40. The van der Waals surface area contributed by atoms with E-state index in [9.17, 15) is 4.79 Å². The van der Waals surface area contributed by atoms with Crippen LogP contribution in [-0.2, 0) is 9.53 Å². The minimum absolute atomic E-state index is 0.00267. The first-order valence-electron chi connectivity index (χ1n) is 7.28. The van der Waals surface area contributed by atoms with E-state index in [1.807, 2.05) is 0 Å². The van der Waals surface area contributed by atoms with Gasteiger partial charge in [0.2, 0.25) is 0 Å². The molecule has 2 saturated heterocycles. The van der Waals surface area contributed by atoms with Gasteiger partial charge in [-0.25, -0.2) is 0 Å². The van der Waals surface area contributed by atoms with Crippen molar-refractivity contribution in [1.82, 2.24) is 4.23 Å². The third-order valence-electron chi connectivity index (χ3n) is 4.65. The third kappa shape index (κ3) is 2.88. The molecule has 0 aromatic heterocycles. The molecular formula is C13H27NO2Si2. The van der Waals surface area contributed by atoms with Gasteiger partial charge in [0.05, 0.1) is 6.61 Å². The summed E-state index contributed by atoms with van der Waals surface area (Å²) in [4.78, 5) is 11.3. The Bertz CT molecular complexity index is 303. The van der Waals surface area contributed by atoms with Crippen LogP contribution in [0.2, 0.25) is 38.3 Å². The van der Waals surface area contributed by atoms with Crippen LogP contribution in [0.25, 0.3) is 0 Å². The lowest BCUT2D eigenvalue weighted by atomic mass is 10.1. The Morgan fingerprint density at radius 1 is 1.11 bits per heavy atom. The molecule has 0 radical (unpaired) electrons. The van der Waals surface area contributed by atoms with Crippen LogP contribution in [-0.4, -0.2) is 39.3 Å². The average molecular weight is 286 g/mol. The zero-order valence-corrected chi connectivity index (χ0v) is 14.3. The van der Waals surface area contributed by atoms with E-state index in [1.54, 1.807) is 0 Å². The normalized spacial score (nSPS) is 32.7. The molecule has 3 nitrogen and oxygen atoms in total. The number of ether oxygens (including phenoxy) is 1. The second kappa shape index (κ2) is 5.09. The van der Waals surface area contributed by atoms with Gasteiger partial charge >= 0.3 is 5.97 Å². The van der Waals surface area contributed by atoms with Gasteiger partial charge in [-0.1, -0.05) is 26.2 Å². The Hall–Kier alpha value is -0.136. The number of hydrogen-bond donors (Lipinski definition) is 0. The van der Waals surface area contributed by atoms with Crippen LogP contribution in [0.3, 0.4) is 0 Å². The Balaban J connectivity index is 2.11. The molecule has 0 aromatic rings. The fourth-order valence-corrected chi connectivity index (χ4v) is 19.0. The van der Waals surface area contributed by atoms with E-state index in [4.69, 9.17) is 4.74 Å². The summed E-state index contributed by atoms with van der Waals surface area (Å²) in [5.41, 5.74) is 0. The lowest BCUT2D eigenvalue weighted by Crippen LogP contribution is -2.60. The standard InChI is InChI=1S/C13H27NO2Si2/c1-17(2)10-11-18(3,4)14(17)12-6-5-7-13(15)16-9-8-12/h12H,5-11H2,1-4H3. The van der Waals surface area contributed by atoms with E-state index in [2.05, 4.69) is 30.4 Å². The Labute approximate surface area is 113 Å². The number of rotatable bonds is 1. The predicted molar refractivity (Wildman–Crippen MR) is 79.6 cm³/mol. The largest absolute Gasteiger partial charge is 0.466 e. The number of hydrogen-bond acceptors (Lipinski definition) is 3. The quantitative estimate of drug-likeness (QED) is 0.547. The Kier molecular flexibility index (Phi) is 4.04. The maximum atomic E-state index is 11.3. The first kappa shape index (κ1) is 14.3. The van der Waals surface area contributed by atoms with Crippen LogP contribution in [0.5, 0.6) is 0 Å². The van der Waals surface area contributed by atoms with Crippen molar-refractivity contribution < 1.29 is 9.53 Å². The molecule has 2 heterocycles. The summed E-state index contributed by atoms with van der Waals surface area (Å²) >= 11 is 0. The van der Waals surface area contributed by atoms with Gasteiger partial charge in [0, 0.05) is 12.5 Å². The molecule has 1 unspecified atom stereocenters. The Morgan fingerprint density at radius 2 is 1.72 bits per heavy atom. The van der Waals surface area contributed by atoms with Crippen molar-refractivity contribution in [2.45, 2.75) is 70.0 Å². The van der Waals surface area contributed by atoms with Crippen LogP contribution in [0.15, 0.2) is 0 Å². The molecule has 2 aliphatic heterocycles. The van der Waals surface area contributed by atoms with Crippen LogP contribution >= 0.6 is 0 Å². The van der Waals surface area contributed by atoms with Crippen molar-refractivity contribution in [1.29, 1.82) is 0 Å². The predicted octanol–water partition coefficient (Wildman–Crippen LogP) is 3.20. The number of carbonyl (C=O) groups excluding carboxylic acids is 1. The molecule has 1 atom stereocenters. The second-order valence-electron chi connectivity index (χ2n) is 7.05. The van der Waals surface area contributed by atoms with Crippen molar-refractivity contribution in [2.24, 2.45) is 0 Å². The number of nitrogens with zero attached hydrogens (tertiary/aromatic N) is 1. The van der Waals surface area contributed by atoms with E-state index in [0.717, 1.165) is 12.8 Å². The molecule has 2 aliphatic rings. The van der Waals surface area contributed by atoms with Gasteiger partial charge in [0.15, 0.2) is 0 Å². The van der Waals surface area contributed by atoms with Crippen molar-refractivity contribution in [2.75, 3.05) is 6.61 Å². The lowest BCUT2D eigenvalue weighted by molar-refractivity contribution is -0.144. The van der Waals surface area contributed by atoms with Gasteiger partial charge in [-0.15, -0.1) is 0 Å². The summed E-state index contributed by atoms with van der Waals surface area (Å²) < 4.78 is 8.25. The van der Waals surface area contributed by atoms with Gasteiger partial charge in [0.25, 0.3) is 0 Å². The number of cyclic esters (lactones) is 1. The lowest BCUT2D eigenvalue weighted by Gasteiger charge is -2.45. The minimum Gasteiger partial charge on any atom is -0.466 e. The van der Waals surface area contributed by atoms with Crippen molar-refractivity contribution in [3.63, 3.8) is 0 Å². The Morgan fingerprint density at radius 3 is 2.33 bits per heavy atom. The van der Waals surface area contributed by atoms with E-state index < -0.39 is 16.5 Å². The molecule has 0 amide bonds. The smallest absolute Gasteiger partial charge is 0.305 e. The summed E-state index contributed by atoms with van der Waals surface area (Å²) in [6.07, 6.45) is 3.88. The zero-order chi connectivity index (χ0) is 13.4. The van der Waals surface area contributed by atoms with Crippen LogP contribution in [0, 0.1) is 0 Å². The molecule has 18 heavy (non-hydrogen) atoms. The molecule has 2 rings (SSSR count). The monoisotopic (exact) mass is 285 g/mol. The first-order valence-corrected chi connectivity index (χ1v) is 13.6.